The Balaban J connectivity index is 2.61. The van der Waals surface area contributed by atoms with E-state index in [9.17, 15) is 9.59 Å². The highest BCUT2D eigenvalue weighted by Crippen LogP contribution is 2.28. The molecule has 0 bridgehead atoms. The summed E-state index contributed by atoms with van der Waals surface area (Å²) in [5.41, 5.74) is 0. The van der Waals surface area contributed by atoms with Crippen LogP contribution in [0.1, 0.15) is 40.5 Å². The Bertz CT molecular complexity index is 304. The topological polar surface area (TPSA) is 37.4 Å². The van der Waals surface area contributed by atoms with E-state index in [0.717, 1.165) is 12.8 Å². The Morgan fingerprint density at radius 1 is 1.00 bits per heavy atom. The summed E-state index contributed by atoms with van der Waals surface area (Å²) < 4.78 is 0. The van der Waals surface area contributed by atoms with E-state index in [2.05, 4.69) is 27.7 Å². The van der Waals surface area contributed by atoms with Gasteiger partial charge in [0.2, 0.25) is 0 Å². The van der Waals surface area contributed by atoms with Crippen LogP contribution in [0.5, 0.6) is 0 Å². The zero-order chi connectivity index (χ0) is 13.0. The van der Waals surface area contributed by atoms with Crippen molar-refractivity contribution in [3.05, 3.63) is 12.2 Å². The number of amides is 2. The van der Waals surface area contributed by atoms with Crippen molar-refractivity contribution in [1.82, 2.24) is 4.90 Å². The van der Waals surface area contributed by atoms with Gasteiger partial charge in [0.25, 0.3) is 11.8 Å². The normalized spacial score (nSPS) is 20.8. The van der Waals surface area contributed by atoms with Gasteiger partial charge >= 0.3 is 0 Å². The van der Waals surface area contributed by atoms with Crippen molar-refractivity contribution in [2.24, 2.45) is 17.8 Å². The number of imide groups is 1. The van der Waals surface area contributed by atoms with Crippen molar-refractivity contribution in [2.45, 2.75) is 40.5 Å². The van der Waals surface area contributed by atoms with E-state index in [-0.39, 0.29) is 11.8 Å². The van der Waals surface area contributed by atoms with Crippen LogP contribution in [0.4, 0.5) is 0 Å². The fourth-order valence-electron chi connectivity index (χ4n) is 2.70. The minimum atomic E-state index is -0.166. The van der Waals surface area contributed by atoms with Gasteiger partial charge in [-0.2, -0.15) is 0 Å². The predicted octanol–water partition coefficient (Wildman–Crippen LogP) is 2.62. The molecule has 0 fully saturated rings. The van der Waals surface area contributed by atoms with E-state index in [4.69, 9.17) is 0 Å². The molecule has 1 heterocycles. The molecular weight excluding hydrogens is 214 g/mol. The second kappa shape index (κ2) is 5.99. The van der Waals surface area contributed by atoms with Crippen LogP contribution in [0.3, 0.4) is 0 Å². The molecule has 0 aromatic carbocycles. The maximum absolute atomic E-state index is 11.5. The summed E-state index contributed by atoms with van der Waals surface area (Å²) in [6.45, 7) is 9.30. The molecular formula is C14H23NO2. The second-order valence-corrected chi connectivity index (χ2v) is 5.06. The van der Waals surface area contributed by atoms with Gasteiger partial charge in [-0.05, 0) is 17.8 Å². The Hall–Kier alpha value is -1.12. The van der Waals surface area contributed by atoms with Gasteiger partial charge in [0.05, 0.1) is 0 Å². The summed E-state index contributed by atoms with van der Waals surface area (Å²) in [7, 11) is 0. The Labute approximate surface area is 104 Å². The molecule has 0 N–H and O–H groups in total. The third-order valence-electron chi connectivity index (χ3n) is 3.95. The summed E-state index contributed by atoms with van der Waals surface area (Å²) in [6, 6.07) is 0. The van der Waals surface area contributed by atoms with Crippen LogP contribution in [-0.2, 0) is 9.59 Å². The molecule has 1 aliphatic heterocycles. The maximum Gasteiger partial charge on any atom is 0.253 e. The first-order valence-electron chi connectivity index (χ1n) is 6.54. The fraction of sp³-hybridized carbons (Fsp3) is 0.714. The molecule has 0 aromatic rings. The highest BCUT2D eigenvalue weighted by molar-refractivity contribution is 6.12. The standard InChI is InChI=1S/C14H23NO2/c1-5-10(3)12(6-2)11(4)9-15-13(16)7-8-14(15)17/h7-8,10-12H,5-6,9H2,1-4H3. The van der Waals surface area contributed by atoms with Crippen LogP contribution in [0.2, 0.25) is 0 Å². The first-order valence-corrected chi connectivity index (χ1v) is 6.54. The lowest BCUT2D eigenvalue weighted by Gasteiger charge is -2.30. The molecule has 3 unspecified atom stereocenters. The number of nitrogens with zero attached hydrogens (tertiary/aromatic N) is 1. The van der Waals surface area contributed by atoms with Crippen LogP contribution in [0, 0.1) is 17.8 Å². The quantitative estimate of drug-likeness (QED) is 0.666. The van der Waals surface area contributed by atoms with E-state index < -0.39 is 0 Å². The zero-order valence-electron chi connectivity index (χ0n) is 11.3. The highest BCUT2D eigenvalue weighted by Gasteiger charge is 2.29. The van der Waals surface area contributed by atoms with Gasteiger partial charge in [0, 0.05) is 18.7 Å². The minimum absolute atomic E-state index is 0.166. The van der Waals surface area contributed by atoms with Crippen LogP contribution in [0.25, 0.3) is 0 Å². The summed E-state index contributed by atoms with van der Waals surface area (Å²) >= 11 is 0. The molecule has 0 aromatic heterocycles. The van der Waals surface area contributed by atoms with Crippen LogP contribution < -0.4 is 0 Å². The van der Waals surface area contributed by atoms with Crippen molar-refractivity contribution in [3.63, 3.8) is 0 Å². The molecule has 3 nitrogen and oxygen atoms in total. The van der Waals surface area contributed by atoms with Gasteiger partial charge in [-0.3, -0.25) is 14.5 Å². The molecule has 1 aliphatic rings. The number of hydrogen-bond acceptors (Lipinski definition) is 2. The van der Waals surface area contributed by atoms with Crippen molar-refractivity contribution in [1.29, 1.82) is 0 Å². The molecule has 96 valence electrons. The first kappa shape index (κ1) is 13.9. The third-order valence-corrected chi connectivity index (χ3v) is 3.95. The number of carbonyl (C=O) groups excluding carboxylic acids is 2. The summed E-state index contributed by atoms with van der Waals surface area (Å²) in [6.07, 6.45) is 4.96. The SMILES string of the molecule is CCC(C)C(CC)C(C)CN1C(=O)C=CC1=O. The predicted molar refractivity (Wildman–Crippen MR) is 68.3 cm³/mol. The fourth-order valence-corrected chi connectivity index (χ4v) is 2.70. The van der Waals surface area contributed by atoms with E-state index in [1.807, 2.05) is 0 Å². The third kappa shape index (κ3) is 3.18. The van der Waals surface area contributed by atoms with Crippen molar-refractivity contribution in [2.75, 3.05) is 6.54 Å². The lowest BCUT2D eigenvalue weighted by Crippen LogP contribution is -2.37. The lowest BCUT2D eigenvalue weighted by atomic mass is 9.80. The van der Waals surface area contributed by atoms with Gasteiger partial charge in [-0.25, -0.2) is 0 Å². The van der Waals surface area contributed by atoms with Crippen LogP contribution in [0.15, 0.2) is 12.2 Å². The molecule has 0 saturated carbocycles. The number of rotatable bonds is 6. The van der Waals surface area contributed by atoms with Crippen LogP contribution >= 0.6 is 0 Å². The van der Waals surface area contributed by atoms with Crippen molar-refractivity contribution >= 4 is 11.8 Å². The molecule has 17 heavy (non-hydrogen) atoms. The highest BCUT2D eigenvalue weighted by atomic mass is 16.2. The maximum atomic E-state index is 11.5. The summed E-state index contributed by atoms with van der Waals surface area (Å²) in [4.78, 5) is 24.3. The molecule has 0 aliphatic carbocycles. The molecule has 2 amide bonds. The molecule has 3 heteroatoms. The molecule has 3 atom stereocenters. The van der Waals surface area contributed by atoms with Gasteiger partial charge in [-0.15, -0.1) is 0 Å². The zero-order valence-corrected chi connectivity index (χ0v) is 11.3. The molecule has 0 radical (unpaired) electrons. The minimum Gasteiger partial charge on any atom is -0.275 e. The summed E-state index contributed by atoms with van der Waals surface area (Å²) in [5.74, 6) is 1.24. The lowest BCUT2D eigenvalue weighted by molar-refractivity contribution is -0.137. The van der Waals surface area contributed by atoms with E-state index in [1.54, 1.807) is 0 Å². The van der Waals surface area contributed by atoms with Crippen LogP contribution in [-0.4, -0.2) is 23.3 Å². The van der Waals surface area contributed by atoms with Gasteiger partial charge in [0.15, 0.2) is 0 Å². The monoisotopic (exact) mass is 237 g/mol. The summed E-state index contributed by atoms with van der Waals surface area (Å²) in [5, 5.41) is 0. The average Bonchev–Trinajstić information content (AvgIpc) is 2.61. The van der Waals surface area contributed by atoms with Crippen molar-refractivity contribution in [3.8, 4) is 0 Å². The average molecular weight is 237 g/mol. The Morgan fingerprint density at radius 3 is 1.94 bits per heavy atom. The number of hydrogen-bond donors (Lipinski definition) is 0. The smallest absolute Gasteiger partial charge is 0.253 e. The van der Waals surface area contributed by atoms with Crippen molar-refractivity contribution < 1.29 is 9.59 Å². The molecule has 0 saturated heterocycles. The van der Waals surface area contributed by atoms with Gasteiger partial charge in [-0.1, -0.05) is 40.5 Å². The first-order chi connectivity index (χ1) is 8.01. The molecule has 0 spiro atoms. The van der Waals surface area contributed by atoms with Gasteiger partial charge < -0.3 is 0 Å². The van der Waals surface area contributed by atoms with E-state index in [1.165, 1.54) is 17.1 Å². The van der Waals surface area contributed by atoms with E-state index >= 15 is 0 Å². The largest absolute Gasteiger partial charge is 0.275 e. The second-order valence-electron chi connectivity index (χ2n) is 5.06. The Morgan fingerprint density at radius 2 is 1.53 bits per heavy atom. The Kier molecular flexibility index (Phi) is 4.91. The van der Waals surface area contributed by atoms with E-state index in [0.29, 0.717) is 24.3 Å². The molecule has 1 rings (SSSR count). The number of carbonyl (C=O) groups is 2. The van der Waals surface area contributed by atoms with Gasteiger partial charge in [0.1, 0.15) is 0 Å².